The average molecular weight is 247 g/mol. The predicted molar refractivity (Wildman–Crippen MR) is 70.1 cm³/mol. The Bertz CT molecular complexity index is 570. The topological polar surface area (TPSA) is 29.9 Å². The fourth-order valence-electron chi connectivity index (χ4n) is 2.59. The van der Waals surface area contributed by atoms with E-state index in [1.165, 1.54) is 6.07 Å². The highest BCUT2D eigenvalue weighted by atomic mass is 19.1. The Morgan fingerprint density at radius 1 is 1.44 bits per heavy atom. The third-order valence-electron chi connectivity index (χ3n) is 3.58. The maximum absolute atomic E-state index is 13.4. The average Bonchev–Trinajstić information content (AvgIpc) is 2.60. The molecule has 0 amide bonds. The Morgan fingerprint density at radius 3 is 2.83 bits per heavy atom. The Labute approximate surface area is 106 Å². The fourth-order valence-corrected chi connectivity index (χ4v) is 2.59. The van der Waals surface area contributed by atoms with Crippen LogP contribution in [0.25, 0.3) is 11.0 Å². The summed E-state index contributed by atoms with van der Waals surface area (Å²) < 4.78 is 15.5. The number of hydrogen-bond donors (Lipinski definition) is 1. The van der Waals surface area contributed by atoms with E-state index in [4.69, 9.17) is 0 Å². The fraction of sp³-hybridized carbons (Fsp3) is 0.500. The summed E-state index contributed by atoms with van der Waals surface area (Å²) in [7, 11) is 0. The molecule has 0 unspecified atom stereocenters. The first-order valence-electron chi connectivity index (χ1n) is 6.52. The number of fused-ring (bicyclic) bond motifs is 1. The maximum Gasteiger partial charge on any atom is 0.125 e. The van der Waals surface area contributed by atoms with E-state index in [1.54, 1.807) is 12.1 Å². The van der Waals surface area contributed by atoms with E-state index < -0.39 is 0 Å². The zero-order valence-corrected chi connectivity index (χ0v) is 10.8. The molecule has 96 valence electrons. The van der Waals surface area contributed by atoms with Crippen LogP contribution in [0.3, 0.4) is 0 Å². The number of halogens is 1. The first kappa shape index (κ1) is 11.7. The van der Waals surface area contributed by atoms with Gasteiger partial charge in [0.05, 0.1) is 11.0 Å². The normalized spacial score (nSPS) is 16.4. The van der Waals surface area contributed by atoms with Crippen molar-refractivity contribution in [2.45, 2.75) is 26.3 Å². The van der Waals surface area contributed by atoms with Crippen LogP contribution in [-0.4, -0.2) is 22.6 Å². The molecule has 1 aliphatic rings. The Kier molecular flexibility index (Phi) is 2.82. The molecule has 1 N–H and O–H groups in total. The summed E-state index contributed by atoms with van der Waals surface area (Å²) in [6.45, 7) is 6.37. The van der Waals surface area contributed by atoms with Crippen LogP contribution in [0.4, 0.5) is 4.39 Å². The van der Waals surface area contributed by atoms with E-state index >= 15 is 0 Å². The first-order chi connectivity index (χ1) is 8.65. The van der Waals surface area contributed by atoms with Gasteiger partial charge in [-0.1, -0.05) is 0 Å². The SMILES string of the molecule is CC(C)n1c(CC2CNC2)nc2ccc(F)cc21. The number of aromatic nitrogens is 2. The molecule has 2 heterocycles. The van der Waals surface area contributed by atoms with Crippen molar-refractivity contribution in [3.63, 3.8) is 0 Å². The standard InChI is InChI=1S/C14H18FN3/c1-9(2)18-13-6-11(15)3-4-12(13)17-14(18)5-10-7-16-8-10/h3-4,6,9-10,16H,5,7-8H2,1-2H3. The van der Waals surface area contributed by atoms with Gasteiger partial charge in [-0.05, 0) is 51.1 Å². The molecule has 1 aliphatic heterocycles. The smallest absolute Gasteiger partial charge is 0.125 e. The Balaban J connectivity index is 2.08. The monoisotopic (exact) mass is 247 g/mol. The third-order valence-corrected chi connectivity index (χ3v) is 3.58. The van der Waals surface area contributed by atoms with Gasteiger partial charge in [-0.25, -0.2) is 9.37 Å². The Morgan fingerprint density at radius 2 is 2.22 bits per heavy atom. The van der Waals surface area contributed by atoms with Crippen LogP contribution >= 0.6 is 0 Å². The first-order valence-corrected chi connectivity index (χ1v) is 6.52. The summed E-state index contributed by atoms with van der Waals surface area (Å²) in [5, 5.41) is 3.28. The van der Waals surface area contributed by atoms with Gasteiger partial charge in [0.2, 0.25) is 0 Å². The van der Waals surface area contributed by atoms with Crippen LogP contribution in [-0.2, 0) is 6.42 Å². The van der Waals surface area contributed by atoms with Crippen molar-refractivity contribution < 1.29 is 4.39 Å². The maximum atomic E-state index is 13.4. The van der Waals surface area contributed by atoms with Crippen molar-refractivity contribution in [2.24, 2.45) is 5.92 Å². The van der Waals surface area contributed by atoms with Crippen LogP contribution in [0.15, 0.2) is 18.2 Å². The van der Waals surface area contributed by atoms with Gasteiger partial charge in [0.1, 0.15) is 11.6 Å². The molecule has 0 spiro atoms. The van der Waals surface area contributed by atoms with E-state index in [-0.39, 0.29) is 5.82 Å². The minimum absolute atomic E-state index is 0.193. The minimum Gasteiger partial charge on any atom is -0.325 e. The molecule has 0 radical (unpaired) electrons. The van der Waals surface area contributed by atoms with Crippen molar-refractivity contribution in [3.05, 3.63) is 29.8 Å². The van der Waals surface area contributed by atoms with Gasteiger partial charge in [0, 0.05) is 12.5 Å². The molecule has 0 atom stereocenters. The van der Waals surface area contributed by atoms with Gasteiger partial charge in [0.15, 0.2) is 0 Å². The van der Waals surface area contributed by atoms with Crippen LogP contribution < -0.4 is 5.32 Å². The quantitative estimate of drug-likeness (QED) is 0.903. The second-order valence-electron chi connectivity index (χ2n) is 5.35. The lowest BCUT2D eigenvalue weighted by atomic mass is 9.99. The van der Waals surface area contributed by atoms with Gasteiger partial charge < -0.3 is 9.88 Å². The number of rotatable bonds is 3. The lowest BCUT2D eigenvalue weighted by Gasteiger charge is -2.27. The molecule has 3 nitrogen and oxygen atoms in total. The van der Waals surface area contributed by atoms with E-state index in [1.807, 2.05) is 0 Å². The summed E-state index contributed by atoms with van der Waals surface area (Å²) in [5.74, 6) is 1.56. The number of imidazole rings is 1. The lowest BCUT2D eigenvalue weighted by Crippen LogP contribution is -2.43. The van der Waals surface area contributed by atoms with E-state index in [0.29, 0.717) is 12.0 Å². The summed E-state index contributed by atoms with van der Waals surface area (Å²) >= 11 is 0. The van der Waals surface area contributed by atoms with Gasteiger partial charge in [-0.15, -0.1) is 0 Å². The lowest BCUT2D eigenvalue weighted by molar-refractivity contribution is 0.335. The van der Waals surface area contributed by atoms with Gasteiger partial charge in [0.25, 0.3) is 0 Å². The molecule has 1 fully saturated rings. The van der Waals surface area contributed by atoms with Crippen molar-refractivity contribution in [3.8, 4) is 0 Å². The molecule has 1 saturated heterocycles. The molecular formula is C14H18FN3. The number of benzene rings is 1. The molecule has 2 aromatic rings. The molecule has 18 heavy (non-hydrogen) atoms. The molecule has 0 saturated carbocycles. The highest BCUT2D eigenvalue weighted by Crippen LogP contribution is 2.24. The van der Waals surface area contributed by atoms with Crippen LogP contribution in [0, 0.1) is 11.7 Å². The van der Waals surface area contributed by atoms with Gasteiger partial charge in [-0.3, -0.25) is 0 Å². The van der Waals surface area contributed by atoms with E-state index in [9.17, 15) is 4.39 Å². The van der Waals surface area contributed by atoms with E-state index in [0.717, 1.165) is 36.4 Å². The highest BCUT2D eigenvalue weighted by molar-refractivity contribution is 5.76. The summed E-state index contributed by atoms with van der Waals surface area (Å²) in [5.41, 5.74) is 1.81. The largest absolute Gasteiger partial charge is 0.325 e. The van der Waals surface area contributed by atoms with Crippen LogP contribution in [0.2, 0.25) is 0 Å². The molecule has 0 aliphatic carbocycles. The summed E-state index contributed by atoms with van der Waals surface area (Å²) in [6.07, 6.45) is 0.974. The van der Waals surface area contributed by atoms with Crippen molar-refractivity contribution >= 4 is 11.0 Å². The van der Waals surface area contributed by atoms with E-state index in [2.05, 4.69) is 28.7 Å². The molecular weight excluding hydrogens is 229 g/mol. The second kappa shape index (κ2) is 4.35. The number of nitrogens with one attached hydrogen (secondary N) is 1. The van der Waals surface area contributed by atoms with Crippen LogP contribution in [0.5, 0.6) is 0 Å². The second-order valence-corrected chi connectivity index (χ2v) is 5.35. The highest BCUT2D eigenvalue weighted by Gasteiger charge is 2.22. The van der Waals surface area contributed by atoms with Crippen molar-refractivity contribution in [1.82, 2.24) is 14.9 Å². The number of hydrogen-bond acceptors (Lipinski definition) is 2. The van der Waals surface area contributed by atoms with Crippen LogP contribution in [0.1, 0.15) is 25.7 Å². The van der Waals surface area contributed by atoms with Gasteiger partial charge >= 0.3 is 0 Å². The third kappa shape index (κ3) is 1.90. The molecule has 1 aromatic heterocycles. The number of nitrogens with zero attached hydrogens (tertiary/aromatic N) is 2. The zero-order valence-electron chi connectivity index (χ0n) is 10.8. The molecule has 4 heteroatoms. The minimum atomic E-state index is -0.193. The van der Waals surface area contributed by atoms with Crippen molar-refractivity contribution in [1.29, 1.82) is 0 Å². The molecule has 1 aromatic carbocycles. The Hall–Kier alpha value is -1.42. The summed E-state index contributed by atoms with van der Waals surface area (Å²) in [6, 6.07) is 5.14. The van der Waals surface area contributed by atoms with Gasteiger partial charge in [-0.2, -0.15) is 0 Å². The molecule has 3 rings (SSSR count). The summed E-state index contributed by atoms with van der Waals surface area (Å²) in [4.78, 5) is 4.67. The molecule has 0 bridgehead atoms. The van der Waals surface area contributed by atoms with Crippen molar-refractivity contribution in [2.75, 3.05) is 13.1 Å². The predicted octanol–water partition coefficient (Wildman–Crippen LogP) is 2.52. The zero-order chi connectivity index (χ0) is 12.7.